The summed E-state index contributed by atoms with van der Waals surface area (Å²) in [4.78, 5) is 0. The molecule has 2 nitrogen and oxygen atoms in total. The summed E-state index contributed by atoms with van der Waals surface area (Å²) in [5.74, 6) is 0.845. The second-order valence-electron chi connectivity index (χ2n) is 7.90. The summed E-state index contributed by atoms with van der Waals surface area (Å²) in [6, 6.07) is 0. The van der Waals surface area contributed by atoms with Gasteiger partial charge in [-0.3, -0.25) is 0 Å². The highest BCUT2D eigenvalue weighted by Crippen LogP contribution is 2.58. The van der Waals surface area contributed by atoms with Crippen molar-refractivity contribution in [3.63, 3.8) is 0 Å². The molecule has 2 aliphatic carbocycles. The summed E-state index contributed by atoms with van der Waals surface area (Å²) < 4.78 is 12.2. The van der Waals surface area contributed by atoms with Gasteiger partial charge in [-0.05, 0) is 71.0 Å². The SMILES string of the molecule is CC1(C)OB(CC2CC3(CCCC3)C2)OC1(C)C. The first-order valence-corrected chi connectivity index (χ1v) is 7.68. The highest BCUT2D eigenvalue weighted by Gasteiger charge is 2.54. The minimum Gasteiger partial charge on any atom is -0.403 e. The molecule has 0 aromatic rings. The molecule has 2 saturated carbocycles. The van der Waals surface area contributed by atoms with E-state index in [9.17, 15) is 0 Å². The third kappa shape index (κ3) is 2.04. The molecule has 102 valence electrons. The van der Waals surface area contributed by atoms with E-state index in [4.69, 9.17) is 9.31 Å². The molecule has 0 atom stereocenters. The summed E-state index contributed by atoms with van der Waals surface area (Å²) in [5.41, 5.74) is 0.424. The monoisotopic (exact) mass is 250 g/mol. The van der Waals surface area contributed by atoms with Crippen LogP contribution in [0.4, 0.5) is 0 Å². The van der Waals surface area contributed by atoms with E-state index in [1.807, 2.05) is 0 Å². The molecular formula is C15H27BO2. The van der Waals surface area contributed by atoms with Crippen molar-refractivity contribution >= 4 is 7.12 Å². The van der Waals surface area contributed by atoms with Gasteiger partial charge in [-0.15, -0.1) is 0 Å². The third-order valence-corrected chi connectivity index (χ3v) is 5.94. The van der Waals surface area contributed by atoms with Crippen LogP contribution in [0.1, 0.15) is 66.2 Å². The van der Waals surface area contributed by atoms with Crippen LogP contribution in [0.3, 0.4) is 0 Å². The quantitative estimate of drug-likeness (QED) is 0.688. The Morgan fingerprint density at radius 3 is 1.94 bits per heavy atom. The molecule has 0 bridgehead atoms. The zero-order valence-electron chi connectivity index (χ0n) is 12.4. The van der Waals surface area contributed by atoms with Crippen molar-refractivity contribution in [3.8, 4) is 0 Å². The molecule has 0 aromatic heterocycles. The Balaban J connectivity index is 1.51. The lowest BCUT2D eigenvalue weighted by molar-refractivity contribution is 0.00578. The van der Waals surface area contributed by atoms with Gasteiger partial charge in [-0.2, -0.15) is 0 Å². The first kappa shape index (κ1) is 13.0. The number of hydrogen-bond donors (Lipinski definition) is 0. The van der Waals surface area contributed by atoms with Gasteiger partial charge in [0.15, 0.2) is 0 Å². The molecule has 3 rings (SSSR count). The lowest BCUT2D eigenvalue weighted by atomic mass is 9.56. The summed E-state index contributed by atoms with van der Waals surface area (Å²) >= 11 is 0. The highest BCUT2D eigenvalue weighted by atomic mass is 16.7. The van der Waals surface area contributed by atoms with Gasteiger partial charge in [-0.25, -0.2) is 0 Å². The molecule has 0 amide bonds. The van der Waals surface area contributed by atoms with Gasteiger partial charge in [0.2, 0.25) is 0 Å². The van der Waals surface area contributed by atoms with Crippen LogP contribution in [0.25, 0.3) is 0 Å². The molecule has 0 radical (unpaired) electrons. The van der Waals surface area contributed by atoms with Crippen LogP contribution in [0.2, 0.25) is 6.32 Å². The molecule has 1 heterocycles. The minimum atomic E-state index is -0.160. The molecule has 3 aliphatic rings. The maximum absolute atomic E-state index is 6.10. The van der Waals surface area contributed by atoms with E-state index in [0.29, 0.717) is 0 Å². The van der Waals surface area contributed by atoms with Gasteiger partial charge in [0, 0.05) is 0 Å². The third-order valence-electron chi connectivity index (χ3n) is 5.94. The predicted octanol–water partition coefficient (Wildman–Crippen LogP) is 4.05. The van der Waals surface area contributed by atoms with Gasteiger partial charge < -0.3 is 9.31 Å². The van der Waals surface area contributed by atoms with Gasteiger partial charge >= 0.3 is 7.12 Å². The summed E-state index contributed by atoms with van der Waals surface area (Å²) in [6.45, 7) is 8.58. The largest absolute Gasteiger partial charge is 0.458 e. The summed E-state index contributed by atoms with van der Waals surface area (Å²) in [6.07, 6.45) is 9.84. The zero-order valence-corrected chi connectivity index (χ0v) is 12.4. The summed E-state index contributed by atoms with van der Waals surface area (Å²) in [5, 5.41) is 0. The number of hydrogen-bond acceptors (Lipinski definition) is 2. The predicted molar refractivity (Wildman–Crippen MR) is 74.5 cm³/mol. The van der Waals surface area contributed by atoms with Crippen LogP contribution in [0.15, 0.2) is 0 Å². The van der Waals surface area contributed by atoms with E-state index < -0.39 is 0 Å². The Morgan fingerprint density at radius 1 is 0.944 bits per heavy atom. The minimum absolute atomic E-state index is 0.0266. The second-order valence-corrected chi connectivity index (χ2v) is 7.90. The van der Waals surface area contributed by atoms with Crippen molar-refractivity contribution in [2.24, 2.45) is 11.3 Å². The van der Waals surface area contributed by atoms with Gasteiger partial charge in [0.1, 0.15) is 0 Å². The Bertz CT molecular complexity index is 307. The Morgan fingerprint density at radius 2 is 1.44 bits per heavy atom. The molecule has 0 N–H and O–H groups in total. The van der Waals surface area contributed by atoms with Crippen molar-refractivity contribution < 1.29 is 9.31 Å². The van der Waals surface area contributed by atoms with E-state index in [1.165, 1.54) is 38.5 Å². The first-order valence-electron chi connectivity index (χ1n) is 7.68. The Kier molecular flexibility index (Phi) is 2.88. The Labute approximate surface area is 112 Å². The summed E-state index contributed by atoms with van der Waals surface area (Å²) in [7, 11) is 0.0266. The fraction of sp³-hybridized carbons (Fsp3) is 1.00. The zero-order chi connectivity index (χ0) is 13.0. The van der Waals surface area contributed by atoms with Gasteiger partial charge in [0.25, 0.3) is 0 Å². The average molecular weight is 250 g/mol. The standard InChI is InChI=1S/C15H27BO2/c1-13(2)14(3,4)18-16(17-13)11-12-9-15(10-12)7-5-6-8-15/h12H,5-11H2,1-4H3. The highest BCUT2D eigenvalue weighted by molar-refractivity contribution is 6.45. The van der Waals surface area contributed by atoms with Crippen LogP contribution in [0, 0.1) is 11.3 Å². The smallest absolute Gasteiger partial charge is 0.403 e. The molecule has 0 unspecified atom stereocenters. The van der Waals surface area contributed by atoms with Crippen molar-refractivity contribution in [1.82, 2.24) is 0 Å². The van der Waals surface area contributed by atoms with Crippen molar-refractivity contribution in [2.45, 2.75) is 83.7 Å². The van der Waals surface area contributed by atoms with Crippen LogP contribution in [-0.2, 0) is 9.31 Å². The van der Waals surface area contributed by atoms with E-state index in [0.717, 1.165) is 17.7 Å². The second kappa shape index (κ2) is 3.99. The lowest BCUT2D eigenvalue weighted by Crippen LogP contribution is -2.41. The molecule has 18 heavy (non-hydrogen) atoms. The van der Waals surface area contributed by atoms with E-state index in [2.05, 4.69) is 27.7 Å². The van der Waals surface area contributed by atoms with Crippen LogP contribution >= 0.6 is 0 Å². The van der Waals surface area contributed by atoms with Crippen LogP contribution < -0.4 is 0 Å². The van der Waals surface area contributed by atoms with Crippen molar-refractivity contribution in [1.29, 1.82) is 0 Å². The van der Waals surface area contributed by atoms with Crippen LogP contribution in [0.5, 0.6) is 0 Å². The van der Waals surface area contributed by atoms with E-state index in [1.54, 1.807) is 0 Å². The maximum Gasteiger partial charge on any atom is 0.458 e. The van der Waals surface area contributed by atoms with E-state index >= 15 is 0 Å². The maximum atomic E-state index is 6.10. The molecule has 3 fully saturated rings. The first-order chi connectivity index (χ1) is 8.32. The average Bonchev–Trinajstić information content (AvgIpc) is 2.70. The topological polar surface area (TPSA) is 18.5 Å². The van der Waals surface area contributed by atoms with E-state index in [-0.39, 0.29) is 18.3 Å². The molecule has 1 saturated heterocycles. The molecule has 1 spiro atoms. The normalized spacial score (nSPS) is 33.0. The van der Waals surface area contributed by atoms with Gasteiger partial charge in [0.05, 0.1) is 11.2 Å². The van der Waals surface area contributed by atoms with Crippen molar-refractivity contribution in [2.75, 3.05) is 0 Å². The fourth-order valence-corrected chi connectivity index (χ4v) is 4.20. The molecule has 1 aliphatic heterocycles. The van der Waals surface area contributed by atoms with Crippen LogP contribution in [-0.4, -0.2) is 18.3 Å². The molecule has 0 aromatic carbocycles. The molecule has 3 heteroatoms. The number of rotatable bonds is 2. The molecular weight excluding hydrogens is 223 g/mol. The van der Waals surface area contributed by atoms with Crippen molar-refractivity contribution in [3.05, 3.63) is 0 Å². The lowest BCUT2D eigenvalue weighted by Gasteiger charge is -2.46. The Hall–Kier alpha value is -0.0151. The fourth-order valence-electron chi connectivity index (χ4n) is 4.20. The van der Waals surface area contributed by atoms with Gasteiger partial charge in [-0.1, -0.05) is 12.8 Å².